The van der Waals surface area contributed by atoms with E-state index in [0.717, 1.165) is 102 Å². The van der Waals surface area contributed by atoms with Crippen LogP contribution in [0.5, 0.6) is 0 Å². The molecule has 0 rings (SSSR count). The molecule has 0 aromatic rings. The Morgan fingerprint density at radius 2 is 0.495 bits per heavy atom. The molecule has 0 aromatic heterocycles. The number of hydrogen-bond acceptors (Lipinski definition) is 15. The molecule has 17 nitrogen and oxygen atoms in total. The molecule has 0 fully saturated rings. The van der Waals surface area contributed by atoms with E-state index in [1.54, 1.807) is 0 Å². The van der Waals surface area contributed by atoms with E-state index in [1.165, 1.54) is 257 Å². The molecule has 0 spiro atoms. The molecule has 612 valence electrons. The highest BCUT2D eigenvalue weighted by molar-refractivity contribution is 7.47. The minimum absolute atomic E-state index is 0.105. The number of ether oxygens (including phenoxy) is 4. The standard InChI is InChI=1S/C84H164O17P2/c1-7-10-12-14-16-18-20-22-24-26-28-29-30-31-33-35-37-39-44-48-56-62-68-83(88)100-79(72-94-81(86)66-60-54-47-43-38-36-34-32-27-25-23-21-19-17-15-13-11-8-2)74-98-102(90,91)96-70-78(85)71-97-103(92,93)99-75-80(73-95-82(87)67-61-55-51-50-52-58-64-76(4)5)101-84(89)69-63-57-49-45-41-40-42-46-53-59-65-77(6)9-3/h76-80,85H,7-75H2,1-6H3,(H,90,91)(H,92,93)/t77?,78-,79-,80-/m1/s1. The third-order valence-corrected chi connectivity index (χ3v) is 22.0. The van der Waals surface area contributed by atoms with Crippen molar-refractivity contribution in [2.24, 2.45) is 11.8 Å². The first-order chi connectivity index (χ1) is 49.9. The van der Waals surface area contributed by atoms with E-state index in [-0.39, 0.29) is 25.7 Å². The van der Waals surface area contributed by atoms with Crippen molar-refractivity contribution < 1.29 is 80.2 Å². The molecule has 0 aliphatic rings. The quantitative estimate of drug-likeness (QED) is 0.0222. The van der Waals surface area contributed by atoms with E-state index in [9.17, 15) is 43.2 Å². The molecule has 0 radical (unpaired) electrons. The van der Waals surface area contributed by atoms with Gasteiger partial charge in [0.15, 0.2) is 12.2 Å². The van der Waals surface area contributed by atoms with Crippen molar-refractivity contribution in [1.82, 2.24) is 0 Å². The zero-order valence-corrected chi connectivity index (χ0v) is 69.4. The average molecular weight is 1510 g/mol. The van der Waals surface area contributed by atoms with E-state index in [1.807, 2.05) is 0 Å². The van der Waals surface area contributed by atoms with Crippen molar-refractivity contribution in [2.45, 2.75) is 464 Å². The fourth-order valence-electron chi connectivity index (χ4n) is 13.0. The second kappa shape index (κ2) is 75.5. The third-order valence-electron chi connectivity index (χ3n) is 20.1. The number of aliphatic hydroxyl groups is 1. The Labute approximate surface area is 632 Å². The maximum absolute atomic E-state index is 13.1. The molecule has 0 aromatic carbocycles. The van der Waals surface area contributed by atoms with Gasteiger partial charge < -0.3 is 33.8 Å². The van der Waals surface area contributed by atoms with Gasteiger partial charge in [0, 0.05) is 25.7 Å². The monoisotopic (exact) mass is 1510 g/mol. The lowest BCUT2D eigenvalue weighted by Crippen LogP contribution is -2.30. The topological polar surface area (TPSA) is 237 Å². The van der Waals surface area contributed by atoms with Gasteiger partial charge in [0.05, 0.1) is 26.4 Å². The summed E-state index contributed by atoms with van der Waals surface area (Å²) in [6.07, 6.45) is 66.9. The summed E-state index contributed by atoms with van der Waals surface area (Å²) in [5.41, 5.74) is 0. The second-order valence-electron chi connectivity index (χ2n) is 30.9. The number of carbonyl (C=O) groups is 4. The minimum Gasteiger partial charge on any atom is -0.462 e. The zero-order chi connectivity index (χ0) is 75.6. The lowest BCUT2D eigenvalue weighted by atomic mass is 9.99. The van der Waals surface area contributed by atoms with E-state index in [4.69, 9.17) is 37.0 Å². The van der Waals surface area contributed by atoms with Crippen LogP contribution in [0.4, 0.5) is 0 Å². The van der Waals surface area contributed by atoms with E-state index >= 15 is 0 Å². The van der Waals surface area contributed by atoms with Crippen LogP contribution in [0.15, 0.2) is 0 Å². The summed E-state index contributed by atoms with van der Waals surface area (Å²) in [5, 5.41) is 10.7. The fraction of sp³-hybridized carbons (Fsp3) is 0.952. The summed E-state index contributed by atoms with van der Waals surface area (Å²) < 4.78 is 68.8. The van der Waals surface area contributed by atoms with Crippen LogP contribution in [-0.4, -0.2) is 96.7 Å². The van der Waals surface area contributed by atoms with Crippen LogP contribution >= 0.6 is 15.6 Å². The molecule has 3 N–H and O–H groups in total. The number of phosphoric acid groups is 2. The van der Waals surface area contributed by atoms with Crippen LogP contribution in [0.25, 0.3) is 0 Å². The van der Waals surface area contributed by atoms with Gasteiger partial charge in [0.2, 0.25) is 0 Å². The Morgan fingerprint density at radius 3 is 0.738 bits per heavy atom. The van der Waals surface area contributed by atoms with Gasteiger partial charge in [-0.15, -0.1) is 0 Å². The van der Waals surface area contributed by atoms with Crippen LogP contribution < -0.4 is 0 Å². The molecule has 3 unspecified atom stereocenters. The van der Waals surface area contributed by atoms with Gasteiger partial charge in [0.1, 0.15) is 19.3 Å². The van der Waals surface area contributed by atoms with Gasteiger partial charge in [-0.3, -0.25) is 37.3 Å². The van der Waals surface area contributed by atoms with Gasteiger partial charge in [-0.05, 0) is 37.5 Å². The summed E-state index contributed by atoms with van der Waals surface area (Å²) in [4.78, 5) is 73.1. The smallest absolute Gasteiger partial charge is 0.462 e. The molecule has 0 aliphatic carbocycles. The first-order valence-electron chi connectivity index (χ1n) is 43.5. The van der Waals surface area contributed by atoms with Crippen molar-refractivity contribution in [2.75, 3.05) is 39.6 Å². The van der Waals surface area contributed by atoms with Crippen LogP contribution in [0.1, 0.15) is 446 Å². The third kappa shape index (κ3) is 76.6. The molecule has 0 heterocycles. The Morgan fingerprint density at radius 1 is 0.282 bits per heavy atom. The molecule has 19 heteroatoms. The van der Waals surface area contributed by atoms with Crippen molar-refractivity contribution in [3.05, 3.63) is 0 Å². The highest BCUT2D eigenvalue weighted by Gasteiger charge is 2.30. The number of aliphatic hydroxyl groups excluding tert-OH is 1. The maximum Gasteiger partial charge on any atom is 0.472 e. The number of hydrogen-bond donors (Lipinski definition) is 3. The summed E-state index contributed by atoms with van der Waals surface area (Å²) in [5.74, 6) is -0.627. The summed E-state index contributed by atoms with van der Waals surface area (Å²) in [7, 11) is -9.92. The normalized spacial score (nSPS) is 14.1. The highest BCUT2D eigenvalue weighted by Crippen LogP contribution is 2.45. The largest absolute Gasteiger partial charge is 0.472 e. The van der Waals surface area contributed by atoms with Crippen LogP contribution in [0.2, 0.25) is 0 Å². The Balaban J connectivity index is 5.20. The highest BCUT2D eigenvalue weighted by atomic mass is 31.2. The average Bonchev–Trinajstić information content (AvgIpc) is 0.934. The van der Waals surface area contributed by atoms with Crippen molar-refractivity contribution in [3.8, 4) is 0 Å². The maximum atomic E-state index is 13.1. The Hall–Kier alpha value is -1.94. The molecule has 0 aliphatic heterocycles. The molecule has 0 bridgehead atoms. The minimum atomic E-state index is -4.96. The SMILES string of the molecule is CCCCCCCCCCCCCCCCCCCCCCCCC(=O)O[C@H](COC(=O)CCCCCCCCCCCCCCCCCCCC)COP(=O)(O)OC[C@@H](O)COP(=O)(O)OC[C@@H](COC(=O)CCCCCCCCC(C)C)OC(=O)CCCCCCCCCCCCC(C)CC. The van der Waals surface area contributed by atoms with Gasteiger partial charge in [-0.1, -0.05) is 395 Å². The van der Waals surface area contributed by atoms with Gasteiger partial charge in [-0.2, -0.15) is 0 Å². The molecule has 0 saturated heterocycles. The predicted molar refractivity (Wildman–Crippen MR) is 423 cm³/mol. The van der Waals surface area contributed by atoms with Crippen LogP contribution in [-0.2, 0) is 65.4 Å². The molecule has 6 atom stereocenters. The lowest BCUT2D eigenvalue weighted by molar-refractivity contribution is -0.161. The van der Waals surface area contributed by atoms with E-state index < -0.39 is 97.5 Å². The number of rotatable bonds is 83. The fourth-order valence-corrected chi connectivity index (χ4v) is 14.6. The lowest BCUT2D eigenvalue weighted by Gasteiger charge is -2.21. The van der Waals surface area contributed by atoms with Crippen molar-refractivity contribution in [3.63, 3.8) is 0 Å². The predicted octanol–water partition coefficient (Wildman–Crippen LogP) is 25.5. The zero-order valence-electron chi connectivity index (χ0n) is 67.6. The molecule has 0 amide bonds. The van der Waals surface area contributed by atoms with Gasteiger partial charge in [-0.25, -0.2) is 9.13 Å². The summed E-state index contributed by atoms with van der Waals surface area (Å²) in [6.45, 7) is 9.59. The van der Waals surface area contributed by atoms with E-state index in [2.05, 4.69) is 41.5 Å². The second-order valence-corrected chi connectivity index (χ2v) is 33.8. The number of unbranched alkanes of at least 4 members (excludes halogenated alkanes) is 52. The van der Waals surface area contributed by atoms with Crippen molar-refractivity contribution in [1.29, 1.82) is 0 Å². The van der Waals surface area contributed by atoms with Crippen LogP contribution in [0, 0.1) is 11.8 Å². The molecular formula is C84H164O17P2. The summed E-state index contributed by atoms with van der Waals surface area (Å²) >= 11 is 0. The first kappa shape index (κ1) is 101. The number of esters is 4. The Kier molecular flexibility index (Phi) is 74.1. The van der Waals surface area contributed by atoms with Crippen molar-refractivity contribution >= 4 is 39.5 Å². The molecule has 103 heavy (non-hydrogen) atoms. The first-order valence-corrected chi connectivity index (χ1v) is 46.5. The number of carbonyl (C=O) groups excluding carboxylic acids is 4. The summed E-state index contributed by atoms with van der Waals surface area (Å²) in [6, 6.07) is 0. The van der Waals surface area contributed by atoms with Crippen LogP contribution in [0.3, 0.4) is 0 Å². The molecule has 0 saturated carbocycles. The van der Waals surface area contributed by atoms with Gasteiger partial charge >= 0.3 is 39.5 Å². The van der Waals surface area contributed by atoms with Gasteiger partial charge in [0.25, 0.3) is 0 Å². The Bertz CT molecular complexity index is 1980. The molecular weight excluding hydrogens is 1340 g/mol. The number of phosphoric ester groups is 2. The van der Waals surface area contributed by atoms with E-state index in [0.29, 0.717) is 31.6 Å².